The molecule has 3 aromatic rings. The molecule has 1 fully saturated rings. The van der Waals surface area contributed by atoms with Gasteiger partial charge in [-0.1, -0.05) is 30.3 Å². The summed E-state index contributed by atoms with van der Waals surface area (Å²) >= 11 is 0. The van der Waals surface area contributed by atoms with Crippen molar-refractivity contribution in [2.45, 2.75) is 25.9 Å². The molecule has 0 bridgehead atoms. The predicted molar refractivity (Wildman–Crippen MR) is 103 cm³/mol. The number of aryl methyl sites for hydroxylation is 1. The summed E-state index contributed by atoms with van der Waals surface area (Å²) in [4.78, 5) is 16.9. The maximum atomic E-state index is 15.0. The molecule has 0 spiro atoms. The molecule has 5 heteroatoms. The number of aromatic nitrogens is 1. The number of ether oxygens (including phenoxy) is 1. The lowest BCUT2D eigenvalue weighted by molar-refractivity contribution is -0.119. The second-order valence-corrected chi connectivity index (χ2v) is 6.93. The van der Waals surface area contributed by atoms with Gasteiger partial charge in [-0.3, -0.25) is 9.78 Å². The first kappa shape index (κ1) is 17.5. The first-order chi connectivity index (χ1) is 13.1. The Morgan fingerprint density at radius 2 is 1.78 bits per heavy atom. The Balaban J connectivity index is 1.53. The average Bonchev–Trinajstić information content (AvgIpc) is 2.70. The Bertz CT molecular complexity index is 964. The van der Waals surface area contributed by atoms with E-state index in [1.807, 2.05) is 49.4 Å². The van der Waals surface area contributed by atoms with Gasteiger partial charge >= 0.3 is 0 Å². The predicted octanol–water partition coefficient (Wildman–Crippen LogP) is 4.35. The van der Waals surface area contributed by atoms with Crippen molar-refractivity contribution in [3.63, 3.8) is 0 Å². The monoisotopic (exact) mass is 364 g/mol. The number of rotatable bonds is 4. The number of fused-ring (bicyclic) bond motifs is 1. The van der Waals surface area contributed by atoms with Crippen LogP contribution in [0.3, 0.4) is 0 Å². The summed E-state index contributed by atoms with van der Waals surface area (Å²) in [6.07, 6.45) is 2.64. The quantitative estimate of drug-likeness (QED) is 0.647. The summed E-state index contributed by atoms with van der Waals surface area (Å²) in [6, 6.07) is 14.9. The average molecular weight is 364 g/mol. The summed E-state index contributed by atoms with van der Waals surface area (Å²) in [7, 11) is 0. The molecule has 0 atom stereocenters. The lowest BCUT2D eigenvalue weighted by Crippen LogP contribution is -2.37. The van der Waals surface area contributed by atoms with Gasteiger partial charge < -0.3 is 9.64 Å². The molecule has 138 valence electrons. The molecule has 1 aromatic heterocycles. The maximum absolute atomic E-state index is 15.0. The molecule has 0 unspecified atom stereocenters. The van der Waals surface area contributed by atoms with Gasteiger partial charge in [-0.2, -0.15) is 0 Å². The Kier molecular flexibility index (Phi) is 4.75. The SMILES string of the molecule is Cc1ccc2ccc(-c3ccc(OC4CCN(C=O)CC4)cc3)c(F)c2n1. The standard InChI is InChI=1S/C22H21FN2O2/c1-15-2-3-17-6-9-20(21(23)22(17)24-15)16-4-7-18(8-5-16)27-19-10-12-25(14-26)13-11-19/h2-9,14,19H,10-13H2,1H3. The van der Waals surface area contributed by atoms with Crippen LogP contribution in [0.4, 0.5) is 4.39 Å². The first-order valence-electron chi connectivity index (χ1n) is 9.16. The van der Waals surface area contributed by atoms with E-state index in [1.54, 1.807) is 11.0 Å². The molecule has 2 aromatic carbocycles. The largest absolute Gasteiger partial charge is 0.490 e. The van der Waals surface area contributed by atoms with E-state index in [2.05, 4.69) is 4.98 Å². The van der Waals surface area contributed by atoms with E-state index in [1.165, 1.54) is 0 Å². The van der Waals surface area contributed by atoms with E-state index in [0.717, 1.165) is 54.7 Å². The smallest absolute Gasteiger partial charge is 0.209 e. The molecule has 27 heavy (non-hydrogen) atoms. The molecule has 0 aliphatic carbocycles. The van der Waals surface area contributed by atoms with Crippen molar-refractivity contribution in [3.05, 3.63) is 60.0 Å². The molecule has 1 saturated heterocycles. The minimum Gasteiger partial charge on any atom is -0.490 e. The van der Waals surface area contributed by atoms with Crippen molar-refractivity contribution in [1.82, 2.24) is 9.88 Å². The summed E-state index contributed by atoms with van der Waals surface area (Å²) in [5, 5.41) is 0.795. The van der Waals surface area contributed by atoms with E-state index in [9.17, 15) is 9.18 Å². The van der Waals surface area contributed by atoms with Gasteiger partial charge in [0.1, 0.15) is 17.4 Å². The van der Waals surface area contributed by atoms with Crippen LogP contribution >= 0.6 is 0 Å². The van der Waals surface area contributed by atoms with E-state index < -0.39 is 0 Å². The highest BCUT2D eigenvalue weighted by molar-refractivity contribution is 5.85. The van der Waals surface area contributed by atoms with Gasteiger partial charge in [-0.25, -0.2) is 4.39 Å². The molecule has 1 aliphatic rings. The number of carbonyl (C=O) groups excluding carboxylic acids is 1. The van der Waals surface area contributed by atoms with Crippen LogP contribution in [0.1, 0.15) is 18.5 Å². The van der Waals surface area contributed by atoms with Crippen molar-refractivity contribution >= 4 is 17.3 Å². The van der Waals surface area contributed by atoms with Crippen LogP contribution in [0.2, 0.25) is 0 Å². The van der Waals surface area contributed by atoms with Crippen molar-refractivity contribution in [3.8, 4) is 16.9 Å². The molecule has 1 amide bonds. The molecule has 0 N–H and O–H groups in total. The summed E-state index contributed by atoms with van der Waals surface area (Å²) in [5.74, 6) is 0.463. The van der Waals surface area contributed by atoms with Crippen LogP contribution in [-0.4, -0.2) is 35.5 Å². The van der Waals surface area contributed by atoms with E-state index in [-0.39, 0.29) is 11.9 Å². The van der Waals surface area contributed by atoms with Gasteiger partial charge in [0.05, 0.1) is 0 Å². The van der Waals surface area contributed by atoms with E-state index in [4.69, 9.17) is 4.74 Å². The molecule has 4 nitrogen and oxygen atoms in total. The van der Waals surface area contributed by atoms with Gasteiger partial charge in [0, 0.05) is 42.6 Å². The maximum Gasteiger partial charge on any atom is 0.209 e. The highest BCUT2D eigenvalue weighted by Gasteiger charge is 2.19. The lowest BCUT2D eigenvalue weighted by atomic mass is 10.0. The number of hydrogen-bond acceptors (Lipinski definition) is 3. The Morgan fingerprint density at radius 1 is 1.07 bits per heavy atom. The number of piperidine rings is 1. The van der Waals surface area contributed by atoms with Gasteiger partial charge in [0.2, 0.25) is 6.41 Å². The summed E-state index contributed by atoms with van der Waals surface area (Å²) < 4.78 is 21.0. The number of carbonyl (C=O) groups is 1. The number of likely N-dealkylation sites (tertiary alicyclic amines) is 1. The molecular weight excluding hydrogens is 343 g/mol. The number of hydrogen-bond donors (Lipinski definition) is 0. The molecule has 1 aliphatic heterocycles. The second kappa shape index (κ2) is 7.35. The van der Waals surface area contributed by atoms with E-state index >= 15 is 0 Å². The van der Waals surface area contributed by atoms with E-state index in [0.29, 0.717) is 11.1 Å². The fraction of sp³-hybridized carbons (Fsp3) is 0.273. The van der Waals surface area contributed by atoms with Gasteiger partial charge in [-0.15, -0.1) is 0 Å². The van der Waals surface area contributed by atoms with Crippen LogP contribution in [0, 0.1) is 12.7 Å². The van der Waals surface area contributed by atoms with Crippen LogP contribution in [-0.2, 0) is 4.79 Å². The minimum atomic E-state index is -0.300. The number of nitrogens with zero attached hydrogens (tertiary/aromatic N) is 2. The van der Waals surface area contributed by atoms with Gasteiger partial charge in [-0.05, 0) is 30.7 Å². The lowest BCUT2D eigenvalue weighted by Gasteiger charge is -2.29. The highest BCUT2D eigenvalue weighted by atomic mass is 19.1. The van der Waals surface area contributed by atoms with Gasteiger partial charge in [0.25, 0.3) is 0 Å². The summed E-state index contributed by atoms with van der Waals surface area (Å²) in [5.41, 5.74) is 2.52. The normalized spacial score (nSPS) is 15.1. The highest BCUT2D eigenvalue weighted by Crippen LogP contribution is 2.30. The third kappa shape index (κ3) is 3.63. The zero-order valence-electron chi connectivity index (χ0n) is 15.2. The van der Waals surface area contributed by atoms with Crippen LogP contribution < -0.4 is 4.74 Å². The summed E-state index contributed by atoms with van der Waals surface area (Å²) in [6.45, 7) is 3.30. The number of pyridine rings is 1. The Morgan fingerprint density at radius 3 is 2.48 bits per heavy atom. The number of amides is 1. The molecule has 0 saturated carbocycles. The third-order valence-electron chi connectivity index (χ3n) is 5.03. The fourth-order valence-electron chi connectivity index (χ4n) is 3.48. The molecule has 2 heterocycles. The fourth-order valence-corrected chi connectivity index (χ4v) is 3.48. The van der Waals surface area contributed by atoms with Crippen LogP contribution in [0.5, 0.6) is 5.75 Å². The second-order valence-electron chi connectivity index (χ2n) is 6.93. The number of halogens is 1. The van der Waals surface area contributed by atoms with Crippen molar-refractivity contribution in [1.29, 1.82) is 0 Å². The van der Waals surface area contributed by atoms with Crippen molar-refractivity contribution in [2.24, 2.45) is 0 Å². The minimum absolute atomic E-state index is 0.108. The third-order valence-corrected chi connectivity index (χ3v) is 5.03. The van der Waals surface area contributed by atoms with Crippen LogP contribution in [0.15, 0.2) is 48.5 Å². The molecule has 0 radical (unpaired) electrons. The van der Waals surface area contributed by atoms with Crippen molar-refractivity contribution < 1.29 is 13.9 Å². The Hall–Kier alpha value is -2.95. The number of benzene rings is 2. The zero-order valence-corrected chi connectivity index (χ0v) is 15.2. The molecule has 4 rings (SSSR count). The topological polar surface area (TPSA) is 42.4 Å². The molecular formula is C22H21FN2O2. The Labute approximate surface area is 157 Å². The van der Waals surface area contributed by atoms with Gasteiger partial charge in [0.15, 0.2) is 5.82 Å². The first-order valence-corrected chi connectivity index (χ1v) is 9.16. The van der Waals surface area contributed by atoms with Crippen molar-refractivity contribution in [2.75, 3.05) is 13.1 Å². The zero-order chi connectivity index (χ0) is 18.8. The van der Waals surface area contributed by atoms with Crippen LogP contribution in [0.25, 0.3) is 22.0 Å².